The second-order valence-corrected chi connectivity index (χ2v) is 16.0. The van der Waals surface area contributed by atoms with Crippen molar-refractivity contribution in [3.8, 4) is 0 Å². The molecule has 0 aliphatic heterocycles. The molecule has 0 spiro atoms. The minimum Gasteiger partial charge on any atom is -0.462 e. The molecule has 0 aromatic rings. The van der Waals surface area contributed by atoms with Gasteiger partial charge in [0.2, 0.25) is 0 Å². The monoisotopic (exact) mass is 811 g/mol. The Balaban J connectivity index is 4.44. The van der Waals surface area contributed by atoms with Crippen molar-refractivity contribution in [3.63, 3.8) is 0 Å². The van der Waals surface area contributed by atoms with Crippen molar-refractivity contribution in [3.05, 3.63) is 60.8 Å². The molecule has 6 nitrogen and oxygen atoms in total. The lowest BCUT2D eigenvalue weighted by Crippen LogP contribution is -2.30. The maximum absolute atomic E-state index is 12.7. The van der Waals surface area contributed by atoms with Gasteiger partial charge in [0.15, 0.2) is 6.10 Å². The minimum absolute atomic E-state index is 0.0931. The molecule has 0 saturated carbocycles. The van der Waals surface area contributed by atoms with Crippen molar-refractivity contribution in [2.75, 3.05) is 13.2 Å². The molecule has 0 heterocycles. The van der Waals surface area contributed by atoms with Gasteiger partial charge < -0.3 is 14.2 Å². The maximum Gasteiger partial charge on any atom is 0.306 e. The number of carbonyl (C=O) groups is 3. The van der Waals surface area contributed by atoms with Gasteiger partial charge in [0.05, 0.1) is 0 Å². The van der Waals surface area contributed by atoms with Crippen LogP contribution in [-0.4, -0.2) is 37.2 Å². The molecule has 0 fully saturated rings. The lowest BCUT2D eigenvalue weighted by atomic mass is 10.1. The van der Waals surface area contributed by atoms with Gasteiger partial charge in [-0.3, -0.25) is 14.4 Å². The predicted molar refractivity (Wildman–Crippen MR) is 247 cm³/mol. The van der Waals surface area contributed by atoms with Crippen LogP contribution in [0.3, 0.4) is 0 Å². The Kier molecular flexibility index (Phi) is 44.5. The second-order valence-electron chi connectivity index (χ2n) is 16.0. The summed E-state index contributed by atoms with van der Waals surface area (Å²) >= 11 is 0. The molecule has 58 heavy (non-hydrogen) atoms. The first-order valence-electron chi connectivity index (χ1n) is 24.3. The molecule has 0 aliphatic carbocycles. The highest BCUT2D eigenvalue weighted by Crippen LogP contribution is 2.13. The quantitative estimate of drug-likeness (QED) is 0.0264. The SMILES string of the molecule is CC/C=C\C/C=C\C/C=C\CCCCCC(=O)OC(COC(=O)CCCCCCC/C=C\CCCCC)COC(=O)CCCCCCC/C=C\CCCCCCCC. The zero-order valence-electron chi connectivity index (χ0n) is 38.0. The lowest BCUT2D eigenvalue weighted by molar-refractivity contribution is -0.167. The zero-order valence-corrected chi connectivity index (χ0v) is 38.0. The molecular formula is C52H90O6. The summed E-state index contributed by atoms with van der Waals surface area (Å²) < 4.78 is 16.7. The first-order valence-corrected chi connectivity index (χ1v) is 24.3. The summed E-state index contributed by atoms with van der Waals surface area (Å²) in [7, 11) is 0. The van der Waals surface area contributed by atoms with Crippen molar-refractivity contribution in [1.82, 2.24) is 0 Å². The van der Waals surface area contributed by atoms with Crippen LogP contribution < -0.4 is 0 Å². The Morgan fingerprint density at radius 2 is 0.672 bits per heavy atom. The van der Waals surface area contributed by atoms with Crippen molar-refractivity contribution < 1.29 is 28.6 Å². The number of esters is 3. The number of hydrogen-bond acceptors (Lipinski definition) is 6. The molecule has 0 radical (unpaired) electrons. The molecule has 0 saturated heterocycles. The van der Waals surface area contributed by atoms with E-state index >= 15 is 0 Å². The fourth-order valence-corrected chi connectivity index (χ4v) is 6.56. The Labute approximate surface area is 358 Å². The highest BCUT2D eigenvalue weighted by molar-refractivity contribution is 5.71. The van der Waals surface area contributed by atoms with Gasteiger partial charge in [-0.25, -0.2) is 0 Å². The van der Waals surface area contributed by atoms with E-state index in [1.54, 1.807) is 0 Å². The average molecular weight is 811 g/mol. The van der Waals surface area contributed by atoms with Crippen molar-refractivity contribution in [2.24, 2.45) is 0 Å². The van der Waals surface area contributed by atoms with Gasteiger partial charge in [0, 0.05) is 19.3 Å². The zero-order chi connectivity index (χ0) is 42.3. The Morgan fingerprint density at radius 1 is 0.362 bits per heavy atom. The molecule has 0 amide bonds. The largest absolute Gasteiger partial charge is 0.462 e. The van der Waals surface area contributed by atoms with E-state index in [4.69, 9.17) is 14.2 Å². The summed E-state index contributed by atoms with van der Waals surface area (Å²) in [5, 5.41) is 0. The molecule has 0 N–H and O–H groups in total. The summed E-state index contributed by atoms with van der Waals surface area (Å²) in [5.74, 6) is -0.940. The molecule has 1 atom stereocenters. The standard InChI is InChI=1S/C52H90O6/c1-4-7-10-13-16-19-22-25-26-28-30-33-36-39-42-45-51(54)57-48-49(47-56-50(53)44-41-38-35-32-29-24-21-18-15-12-9-6-3)58-52(55)46-43-40-37-34-31-27-23-20-17-14-11-8-5-2/h8,11,17-18,20-21,25-27,31,49H,4-7,9-10,12-16,19,22-24,28-30,32-48H2,1-3H3/b11-8-,20-17-,21-18-,26-25-,31-27-. The van der Waals surface area contributed by atoms with Crippen molar-refractivity contribution >= 4 is 17.9 Å². The van der Waals surface area contributed by atoms with Crippen LogP contribution >= 0.6 is 0 Å². The van der Waals surface area contributed by atoms with Gasteiger partial charge in [-0.05, 0) is 103 Å². The van der Waals surface area contributed by atoms with E-state index in [1.807, 2.05) is 0 Å². The van der Waals surface area contributed by atoms with E-state index in [2.05, 4.69) is 81.5 Å². The average Bonchev–Trinajstić information content (AvgIpc) is 3.22. The van der Waals surface area contributed by atoms with Crippen LogP contribution in [0.5, 0.6) is 0 Å². The van der Waals surface area contributed by atoms with Crippen LogP contribution in [0.25, 0.3) is 0 Å². The Bertz CT molecular complexity index is 1070. The molecule has 334 valence electrons. The van der Waals surface area contributed by atoms with Crippen LogP contribution in [-0.2, 0) is 28.6 Å². The number of unbranched alkanes of at least 4 members (excludes halogenated alkanes) is 22. The van der Waals surface area contributed by atoms with Gasteiger partial charge in [-0.2, -0.15) is 0 Å². The van der Waals surface area contributed by atoms with Gasteiger partial charge >= 0.3 is 17.9 Å². The van der Waals surface area contributed by atoms with Crippen LogP contribution in [0, 0.1) is 0 Å². The molecule has 6 heteroatoms. The second kappa shape index (κ2) is 46.8. The third kappa shape index (κ3) is 44.2. The fourth-order valence-electron chi connectivity index (χ4n) is 6.56. The fraction of sp³-hybridized carbons (Fsp3) is 0.750. The molecule has 0 aromatic carbocycles. The lowest BCUT2D eigenvalue weighted by Gasteiger charge is -2.18. The minimum atomic E-state index is -0.794. The summed E-state index contributed by atoms with van der Waals surface area (Å²) in [6, 6.07) is 0. The van der Waals surface area contributed by atoms with Gasteiger partial charge in [-0.15, -0.1) is 0 Å². The Morgan fingerprint density at radius 3 is 1.12 bits per heavy atom. The number of carbonyl (C=O) groups excluding carboxylic acids is 3. The number of allylic oxidation sites excluding steroid dienone is 10. The predicted octanol–water partition coefficient (Wildman–Crippen LogP) is 15.7. The number of rotatable bonds is 43. The third-order valence-corrected chi connectivity index (χ3v) is 10.2. The highest BCUT2D eigenvalue weighted by atomic mass is 16.6. The van der Waals surface area contributed by atoms with E-state index in [9.17, 15) is 14.4 Å². The maximum atomic E-state index is 12.7. The molecular weight excluding hydrogens is 721 g/mol. The van der Waals surface area contributed by atoms with Gasteiger partial charge in [-0.1, -0.05) is 171 Å². The topological polar surface area (TPSA) is 78.9 Å². The summed E-state index contributed by atoms with van der Waals surface area (Å²) in [6.07, 6.45) is 56.3. The smallest absolute Gasteiger partial charge is 0.306 e. The number of hydrogen-bond donors (Lipinski definition) is 0. The highest BCUT2D eigenvalue weighted by Gasteiger charge is 2.19. The summed E-state index contributed by atoms with van der Waals surface area (Å²) in [4.78, 5) is 37.8. The first-order chi connectivity index (χ1) is 28.5. The van der Waals surface area contributed by atoms with Gasteiger partial charge in [0.25, 0.3) is 0 Å². The molecule has 1 unspecified atom stereocenters. The van der Waals surface area contributed by atoms with E-state index in [0.29, 0.717) is 19.3 Å². The van der Waals surface area contributed by atoms with Crippen LogP contribution in [0.2, 0.25) is 0 Å². The molecule has 0 bridgehead atoms. The summed E-state index contributed by atoms with van der Waals surface area (Å²) in [6.45, 7) is 6.45. The molecule has 0 rings (SSSR count). The van der Waals surface area contributed by atoms with Crippen molar-refractivity contribution in [2.45, 2.75) is 239 Å². The third-order valence-electron chi connectivity index (χ3n) is 10.2. The Hall–Kier alpha value is -2.89. The first kappa shape index (κ1) is 55.1. The normalized spacial score (nSPS) is 12.5. The van der Waals surface area contributed by atoms with E-state index in [0.717, 1.165) is 96.3 Å². The van der Waals surface area contributed by atoms with Gasteiger partial charge in [0.1, 0.15) is 13.2 Å². The van der Waals surface area contributed by atoms with E-state index in [1.165, 1.54) is 96.3 Å². The van der Waals surface area contributed by atoms with Crippen molar-refractivity contribution in [1.29, 1.82) is 0 Å². The van der Waals surface area contributed by atoms with E-state index < -0.39 is 6.10 Å². The molecule has 0 aromatic heterocycles. The van der Waals surface area contributed by atoms with E-state index in [-0.39, 0.29) is 31.1 Å². The van der Waals surface area contributed by atoms with Crippen LogP contribution in [0.1, 0.15) is 233 Å². The summed E-state index contributed by atoms with van der Waals surface area (Å²) in [5.41, 5.74) is 0. The van der Waals surface area contributed by atoms with Crippen LogP contribution in [0.15, 0.2) is 60.8 Å². The van der Waals surface area contributed by atoms with Crippen LogP contribution in [0.4, 0.5) is 0 Å². The molecule has 0 aliphatic rings. The number of ether oxygens (including phenoxy) is 3.